The van der Waals surface area contributed by atoms with Crippen molar-refractivity contribution in [3.63, 3.8) is 0 Å². The van der Waals surface area contributed by atoms with E-state index in [9.17, 15) is 8.42 Å². The number of rotatable bonds is 3. The molecule has 1 aromatic heterocycles. The average molecular weight is 347 g/mol. The van der Waals surface area contributed by atoms with E-state index >= 15 is 0 Å². The van der Waals surface area contributed by atoms with Crippen molar-refractivity contribution in [3.8, 4) is 5.75 Å². The summed E-state index contributed by atoms with van der Waals surface area (Å²) in [6, 6.07) is 12.1. The number of nitrogens with one attached hydrogen (secondary N) is 1. The van der Waals surface area contributed by atoms with Crippen molar-refractivity contribution in [1.29, 1.82) is 0 Å². The molecule has 118 valence electrons. The molecule has 0 unspecified atom stereocenters. The Hall–Kier alpha value is -2.03. The number of hydrogen-bond acceptors (Lipinski definition) is 6. The maximum absolute atomic E-state index is 12.8. The zero-order valence-corrected chi connectivity index (χ0v) is 13.6. The van der Waals surface area contributed by atoms with Crippen LogP contribution in [0.25, 0.3) is 11.0 Å². The van der Waals surface area contributed by atoms with Gasteiger partial charge in [-0.2, -0.15) is 8.75 Å². The number of benzene rings is 2. The SMILES string of the molecule is O=S(=O)(N[C@@H]1CCOc2ccccc21)c1cccc2nsnc12. The number of ether oxygens (including phenoxy) is 1. The van der Waals surface area contributed by atoms with Crippen LogP contribution in [0.1, 0.15) is 18.0 Å². The molecule has 2 heterocycles. The molecule has 3 aromatic rings. The van der Waals surface area contributed by atoms with E-state index in [1.165, 1.54) is 0 Å². The quantitative estimate of drug-likeness (QED) is 0.787. The van der Waals surface area contributed by atoms with Crippen LogP contribution in [0.4, 0.5) is 0 Å². The molecule has 6 nitrogen and oxygen atoms in total. The summed E-state index contributed by atoms with van der Waals surface area (Å²) in [6.07, 6.45) is 0.585. The molecule has 1 aliphatic heterocycles. The largest absolute Gasteiger partial charge is 0.493 e. The minimum Gasteiger partial charge on any atom is -0.493 e. The second kappa shape index (κ2) is 5.55. The first-order valence-electron chi connectivity index (χ1n) is 7.10. The second-order valence-electron chi connectivity index (χ2n) is 5.24. The van der Waals surface area contributed by atoms with Gasteiger partial charge in [0.2, 0.25) is 10.0 Å². The number of nitrogens with zero attached hydrogens (tertiary/aromatic N) is 2. The van der Waals surface area contributed by atoms with Gasteiger partial charge in [-0.3, -0.25) is 0 Å². The van der Waals surface area contributed by atoms with E-state index in [1.807, 2.05) is 24.3 Å². The van der Waals surface area contributed by atoms with E-state index in [4.69, 9.17) is 4.74 Å². The van der Waals surface area contributed by atoms with Crippen molar-refractivity contribution in [3.05, 3.63) is 48.0 Å². The summed E-state index contributed by atoms with van der Waals surface area (Å²) in [5, 5.41) is 0. The second-order valence-corrected chi connectivity index (χ2v) is 7.45. The van der Waals surface area contributed by atoms with E-state index < -0.39 is 10.0 Å². The summed E-state index contributed by atoms with van der Waals surface area (Å²) in [7, 11) is -3.70. The fourth-order valence-electron chi connectivity index (χ4n) is 2.71. The number of para-hydroxylation sites is 1. The Morgan fingerprint density at radius 3 is 2.91 bits per heavy atom. The molecular formula is C15H13N3O3S2. The van der Waals surface area contributed by atoms with Crippen LogP contribution >= 0.6 is 11.7 Å². The molecular weight excluding hydrogens is 334 g/mol. The van der Waals surface area contributed by atoms with Crippen molar-refractivity contribution >= 4 is 32.8 Å². The van der Waals surface area contributed by atoms with Gasteiger partial charge in [-0.15, -0.1) is 0 Å². The monoisotopic (exact) mass is 347 g/mol. The third-order valence-electron chi connectivity index (χ3n) is 3.79. The lowest BCUT2D eigenvalue weighted by Crippen LogP contribution is -2.32. The molecule has 0 saturated carbocycles. The average Bonchev–Trinajstić information content (AvgIpc) is 3.03. The third-order valence-corrected chi connectivity index (χ3v) is 5.84. The Balaban J connectivity index is 1.73. The number of sulfonamides is 1. The van der Waals surface area contributed by atoms with Crippen LogP contribution in [0.2, 0.25) is 0 Å². The first-order chi connectivity index (χ1) is 11.1. The Kier molecular flexibility index (Phi) is 3.51. The van der Waals surface area contributed by atoms with Crippen molar-refractivity contribution in [2.24, 2.45) is 0 Å². The molecule has 8 heteroatoms. The van der Waals surface area contributed by atoms with Crippen LogP contribution in [0.15, 0.2) is 47.4 Å². The first-order valence-corrected chi connectivity index (χ1v) is 9.32. The molecule has 1 aliphatic rings. The lowest BCUT2D eigenvalue weighted by atomic mass is 10.0. The highest BCUT2D eigenvalue weighted by molar-refractivity contribution is 7.89. The van der Waals surface area contributed by atoms with Gasteiger partial charge >= 0.3 is 0 Å². The Bertz CT molecular complexity index is 969. The molecule has 1 N–H and O–H groups in total. The van der Waals surface area contributed by atoms with Crippen molar-refractivity contribution < 1.29 is 13.2 Å². The molecule has 0 bridgehead atoms. The predicted octanol–water partition coefficient (Wildman–Crippen LogP) is 2.49. The van der Waals surface area contributed by atoms with Crippen LogP contribution in [0.5, 0.6) is 5.75 Å². The van der Waals surface area contributed by atoms with Crippen molar-refractivity contribution in [2.45, 2.75) is 17.4 Å². The van der Waals surface area contributed by atoms with E-state index in [0.29, 0.717) is 24.1 Å². The zero-order valence-electron chi connectivity index (χ0n) is 12.0. The van der Waals surface area contributed by atoms with Gasteiger partial charge in [0.05, 0.1) is 24.4 Å². The van der Waals surface area contributed by atoms with Gasteiger partial charge in [-0.05, 0) is 18.2 Å². The summed E-state index contributed by atoms with van der Waals surface area (Å²) < 4.78 is 42.2. The summed E-state index contributed by atoms with van der Waals surface area (Å²) in [5.41, 5.74) is 1.85. The Morgan fingerprint density at radius 1 is 1.13 bits per heavy atom. The van der Waals surface area contributed by atoms with Gasteiger partial charge in [0, 0.05) is 12.0 Å². The van der Waals surface area contributed by atoms with Gasteiger partial charge in [0.1, 0.15) is 21.7 Å². The fourth-order valence-corrected chi connectivity index (χ4v) is 4.73. The molecule has 23 heavy (non-hydrogen) atoms. The minimum atomic E-state index is -3.70. The molecule has 0 fully saturated rings. The molecule has 0 spiro atoms. The van der Waals surface area contributed by atoms with Crippen molar-refractivity contribution in [2.75, 3.05) is 6.61 Å². The summed E-state index contributed by atoms with van der Waals surface area (Å²) in [4.78, 5) is 0.160. The molecule has 0 saturated heterocycles. The van der Waals surface area contributed by atoms with Crippen LogP contribution in [-0.4, -0.2) is 23.8 Å². The Labute approximate surface area is 137 Å². The first kappa shape index (κ1) is 14.6. The summed E-state index contributed by atoms with van der Waals surface area (Å²) in [5.74, 6) is 0.722. The molecule has 0 amide bonds. The number of hydrogen-bond donors (Lipinski definition) is 1. The van der Waals surface area contributed by atoms with Gasteiger partial charge in [-0.25, -0.2) is 13.1 Å². The van der Waals surface area contributed by atoms with Gasteiger partial charge in [-0.1, -0.05) is 24.3 Å². The van der Waals surface area contributed by atoms with Gasteiger partial charge in [0.15, 0.2) is 0 Å². The highest BCUT2D eigenvalue weighted by atomic mass is 32.2. The third kappa shape index (κ3) is 2.58. The number of fused-ring (bicyclic) bond motifs is 2. The van der Waals surface area contributed by atoms with E-state index in [-0.39, 0.29) is 10.9 Å². The lowest BCUT2D eigenvalue weighted by Gasteiger charge is -2.26. The summed E-state index contributed by atoms with van der Waals surface area (Å²) >= 11 is 1.01. The normalized spacial score (nSPS) is 17.7. The zero-order chi connectivity index (χ0) is 15.9. The molecule has 0 radical (unpaired) electrons. The fraction of sp³-hybridized carbons (Fsp3) is 0.200. The molecule has 1 atom stereocenters. The van der Waals surface area contributed by atoms with Gasteiger partial charge in [0.25, 0.3) is 0 Å². The topological polar surface area (TPSA) is 81.2 Å². The van der Waals surface area contributed by atoms with Crippen LogP contribution in [-0.2, 0) is 10.0 Å². The van der Waals surface area contributed by atoms with Crippen LogP contribution < -0.4 is 9.46 Å². The standard InChI is InChI=1S/C15H13N3O3S2/c19-23(20,14-7-3-5-12-15(14)17-22-16-12)18-11-8-9-21-13-6-2-1-4-10(11)13/h1-7,11,18H,8-9H2/t11-/m1/s1. The maximum Gasteiger partial charge on any atom is 0.243 e. The minimum absolute atomic E-state index is 0.160. The molecule has 2 aromatic carbocycles. The predicted molar refractivity (Wildman–Crippen MR) is 87.0 cm³/mol. The molecule has 0 aliphatic carbocycles. The molecule has 4 rings (SSSR count). The van der Waals surface area contributed by atoms with E-state index in [0.717, 1.165) is 23.0 Å². The Morgan fingerprint density at radius 2 is 2.00 bits per heavy atom. The van der Waals surface area contributed by atoms with Crippen LogP contribution in [0.3, 0.4) is 0 Å². The van der Waals surface area contributed by atoms with E-state index in [1.54, 1.807) is 18.2 Å². The van der Waals surface area contributed by atoms with Gasteiger partial charge < -0.3 is 4.74 Å². The van der Waals surface area contributed by atoms with Crippen LogP contribution in [0, 0.1) is 0 Å². The smallest absolute Gasteiger partial charge is 0.243 e. The maximum atomic E-state index is 12.8. The lowest BCUT2D eigenvalue weighted by molar-refractivity contribution is 0.263. The highest BCUT2D eigenvalue weighted by Gasteiger charge is 2.28. The summed E-state index contributed by atoms with van der Waals surface area (Å²) in [6.45, 7) is 0.479. The van der Waals surface area contributed by atoms with E-state index in [2.05, 4.69) is 13.5 Å². The number of aromatic nitrogens is 2. The van der Waals surface area contributed by atoms with Crippen molar-refractivity contribution in [1.82, 2.24) is 13.5 Å². The highest BCUT2D eigenvalue weighted by Crippen LogP contribution is 2.33.